The Balaban J connectivity index is 1.36. The zero-order chi connectivity index (χ0) is 35.5. The van der Waals surface area contributed by atoms with Gasteiger partial charge in [-0.1, -0.05) is 66.9 Å². The van der Waals surface area contributed by atoms with Crippen molar-refractivity contribution in [2.24, 2.45) is 5.92 Å². The Morgan fingerprint density at radius 1 is 0.820 bits per heavy atom. The molecule has 6 rings (SSSR count). The van der Waals surface area contributed by atoms with E-state index in [0.29, 0.717) is 18.7 Å². The highest BCUT2D eigenvalue weighted by Crippen LogP contribution is 2.27. The fraction of sp³-hybridized carbons (Fsp3) is 0.472. The fourth-order valence-corrected chi connectivity index (χ4v) is 6.37. The van der Waals surface area contributed by atoms with Gasteiger partial charge in [0.15, 0.2) is 0 Å². The van der Waals surface area contributed by atoms with E-state index in [0.717, 1.165) is 43.2 Å². The van der Waals surface area contributed by atoms with E-state index in [2.05, 4.69) is 36.9 Å². The van der Waals surface area contributed by atoms with Gasteiger partial charge in [0.1, 0.15) is 23.8 Å². The molecule has 266 valence electrons. The topological polar surface area (TPSA) is 196 Å². The quantitative estimate of drug-likeness (QED) is 0.221. The maximum atomic E-state index is 13.5. The molecule has 3 heterocycles. The molecule has 6 N–H and O–H groups in total. The summed E-state index contributed by atoms with van der Waals surface area (Å²) in [5.41, 5.74) is 2.25. The molecule has 5 amide bonds. The fourth-order valence-electron chi connectivity index (χ4n) is 6.37. The second kappa shape index (κ2) is 17.5. The van der Waals surface area contributed by atoms with Crippen LogP contribution in [0.1, 0.15) is 79.0 Å². The normalized spacial score (nSPS) is 22.9. The predicted molar refractivity (Wildman–Crippen MR) is 183 cm³/mol. The molecule has 2 aliphatic heterocycles. The van der Waals surface area contributed by atoms with Gasteiger partial charge in [-0.3, -0.25) is 28.7 Å². The molecule has 0 spiro atoms. The van der Waals surface area contributed by atoms with Crippen LogP contribution in [-0.2, 0) is 45.2 Å². The van der Waals surface area contributed by atoms with Gasteiger partial charge in [0.05, 0.1) is 18.8 Å². The van der Waals surface area contributed by atoms with Crippen molar-refractivity contribution in [2.75, 3.05) is 0 Å². The Bertz CT molecular complexity index is 1620. The summed E-state index contributed by atoms with van der Waals surface area (Å²) < 4.78 is 1.59. The standard InChI is InChI=1S/C36H46N8O6/c1-23(45)31-36(50)39-29(19-24-9-4-2-5-10-24)34(48)38-21-28-22-44(43-42-28)18-8-13-30(46)40-32(26-11-6-3-7-12-26)35(49)37-20-25-14-16-27(17-15-25)33(47)41-31/h2,4-5,9-10,14-17,22-23,26,29,31-32,45H,3,6-8,11-13,18-21H2,1H3,(H,37,49)(H,38,48)(H,39,50)(H,40,46)(H,41,47)/t23-,29+,31+,32+/m1/s1. The number of carbonyl (C=O) groups excluding carboxylic acids is 5. The predicted octanol–water partition coefficient (Wildman–Crippen LogP) is 1.28. The van der Waals surface area contributed by atoms with Gasteiger partial charge in [0.2, 0.25) is 23.6 Å². The number of aliphatic hydroxyl groups is 1. The summed E-state index contributed by atoms with van der Waals surface area (Å²) in [6.07, 6.45) is 6.07. The molecule has 3 aliphatic rings. The molecular weight excluding hydrogens is 640 g/mol. The molecule has 4 atom stereocenters. The van der Waals surface area contributed by atoms with E-state index >= 15 is 0 Å². The van der Waals surface area contributed by atoms with Crippen LogP contribution < -0.4 is 26.6 Å². The highest BCUT2D eigenvalue weighted by Gasteiger charge is 2.32. The van der Waals surface area contributed by atoms with Gasteiger partial charge in [0, 0.05) is 31.5 Å². The van der Waals surface area contributed by atoms with Crippen LogP contribution in [0, 0.1) is 5.92 Å². The van der Waals surface area contributed by atoms with Gasteiger partial charge in [-0.25, -0.2) is 0 Å². The van der Waals surface area contributed by atoms with Gasteiger partial charge >= 0.3 is 0 Å². The largest absolute Gasteiger partial charge is 0.391 e. The average molecular weight is 687 g/mol. The van der Waals surface area contributed by atoms with E-state index < -0.39 is 42.0 Å². The molecule has 4 bridgehead atoms. The highest BCUT2D eigenvalue weighted by atomic mass is 16.3. The van der Waals surface area contributed by atoms with Gasteiger partial charge in [-0.05, 0) is 55.4 Å². The molecule has 1 saturated carbocycles. The number of aliphatic hydroxyl groups excluding tert-OH is 1. The maximum Gasteiger partial charge on any atom is 0.252 e. The van der Waals surface area contributed by atoms with Gasteiger partial charge in [0.25, 0.3) is 5.91 Å². The van der Waals surface area contributed by atoms with Crippen molar-refractivity contribution in [3.63, 3.8) is 0 Å². The Morgan fingerprint density at radius 3 is 2.26 bits per heavy atom. The van der Waals surface area contributed by atoms with Gasteiger partial charge in [-0.2, -0.15) is 0 Å². The third kappa shape index (κ3) is 10.2. The van der Waals surface area contributed by atoms with Crippen molar-refractivity contribution in [1.29, 1.82) is 0 Å². The van der Waals surface area contributed by atoms with Crippen LogP contribution in [0.2, 0.25) is 0 Å². The lowest BCUT2D eigenvalue weighted by atomic mass is 9.83. The molecule has 14 heteroatoms. The van der Waals surface area contributed by atoms with Crippen LogP contribution in [0.3, 0.4) is 0 Å². The van der Waals surface area contributed by atoms with E-state index in [1.54, 1.807) is 35.1 Å². The molecule has 50 heavy (non-hydrogen) atoms. The monoisotopic (exact) mass is 686 g/mol. The van der Waals surface area contributed by atoms with Crippen LogP contribution >= 0.6 is 0 Å². The maximum absolute atomic E-state index is 13.5. The van der Waals surface area contributed by atoms with Crippen LogP contribution in [0.15, 0.2) is 60.8 Å². The first kappa shape index (κ1) is 36.2. The molecule has 1 aliphatic carbocycles. The SMILES string of the molecule is C[C@@H](O)[C@@H]1NC(=O)c2ccc(cc2)CNC(=O)[C@H](C2CCCCC2)NC(=O)CCCn2cc(nn2)CNC(=O)[C@H](Cc2ccccc2)NC1=O. The summed E-state index contributed by atoms with van der Waals surface area (Å²) in [7, 11) is 0. The average Bonchev–Trinajstić information content (AvgIpc) is 3.58. The van der Waals surface area contributed by atoms with Crippen molar-refractivity contribution in [2.45, 2.75) is 102 Å². The highest BCUT2D eigenvalue weighted by molar-refractivity contribution is 5.98. The number of rotatable bonds is 4. The third-order valence-corrected chi connectivity index (χ3v) is 9.19. The summed E-state index contributed by atoms with van der Waals surface area (Å²) in [6, 6.07) is 12.6. The summed E-state index contributed by atoms with van der Waals surface area (Å²) >= 11 is 0. The molecule has 1 aromatic heterocycles. The minimum atomic E-state index is -1.35. The Morgan fingerprint density at radius 2 is 1.54 bits per heavy atom. The molecule has 14 nitrogen and oxygen atoms in total. The smallest absolute Gasteiger partial charge is 0.252 e. The molecule has 0 radical (unpaired) electrons. The minimum Gasteiger partial charge on any atom is -0.391 e. The van der Waals surface area contributed by atoms with Crippen LogP contribution in [0.25, 0.3) is 0 Å². The molecule has 2 aromatic carbocycles. The number of hydrogen-bond acceptors (Lipinski definition) is 8. The second-order valence-electron chi connectivity index (χ2n) is 13.1. The van der Waals surface area contributed by atoms with E-state index in [4.69, 9.17) is 0 Å². The van der Waals surface area contributed by atoms with Gasteiger partial charge in [-0.15, -0.1) is 5.10 Å². The molecule has 0 unspecified atom stereocenters. The van der Waals surface area contributed by atoms with Crippen molar-refractivity contribution >= 4 is 29.5 Å². The molecule has 0 saturated heterocycles. The lowest BCUT2D eigenvalue weighted by Gasteiger charge is -2.30. The zero-order valence-electron chi connectivity index (χ0n) is 28.3. The second-order valence-corrected chi connectivity index (χ2v) is 13.1. The van der Waals surface area contributed by atoms with E-state index in [-0.39, 0.29) is 49.2 Å². The number of benzene rings is 2. The first-order valence-electron chi connectivity index (χ1n) is 17.3. The molecular formula is C36H46N8O6. The number of aromatic nitrogens is 3. The number of aryl methyl sites for hydroxylation is 1. The first-order valence-corrected chi connectivity index (χ1v) is 17.3. The van der Waals surface area contributed by atoms with E-state index in [1.807, 2.05) is 30.3 Å². The van der Waals surface area contributed by atoms with Crippen molar-refractivity contribution < 1.29 is 29.1 Å². The number of fused-ring (bicyclic) bond motifs is 18. The van der Waals surface area contributed by atoms with Crippen LogP contribution in [0.5, 0.6) is 0 Å². The van der Waals surface area contributed by atoms with Gasteiger partial charge < -0.3 is 31.7 Å². The Hall–Kier alpha value is -5.11. The lowest BCUT2D eigenvalue weighted by molar-refractivity contribution is -0.131. The number of carbonyl (C=O) groups is 5. The zero-order valence-corrected chi connectivity index (χ0v) is 28.3. The van der Waals surface area contributed by atoms with E-state index in [9.17, 15) is 29.1 Å². The first-order chi connectivity index (χ1) is 24.2. The van der Waals surface area contributed by atoms with Crippen molar-refractivity contribution in [3.05, 3.63) is 83.2 Å². The number of amides is 5. The van der Waals surface area contributed by atoms with Crippen molar-refractivity contribution in [3.8, 4) is 0 Å². The summed E-state index contributed by atoms with van der Waals surface area (Å²) in [4.78, 5) is 66.6. The number of nitrogens with zero attached hydrogens (tertiary/aromatic N) is 3. The number of hydrogen-bond donors (Lipinski definition) is 6. The van der Waals surface area contributed by atoms with Crippen LogP contribution in [-0.4, -0.2) is 73.9 Å². The molecule has 3 aromatic rings. The summed E-state index contributed by atoms with van der Waals surface area (Å²) in [5.74, 6) is -2.24. The Kier molecular flexibility index (Phi) is 12.7. The summed E-state index contributed by atoms with van der Waals surface area (Å²) in [6.45, 7) is 2.01. The lowest BCUT2D eigenvalue weighted by Crippen LogP contribution is -2.57. The van der Waals surface area contributed by atoms with Crippen LogP contribution in [0.4, 0.5) is 0 Å². The number of nitrogens with one attached hydrogen (secondary N) is 5. The summed E-state index contributed by atoms with van der Waals surface area (Å²) in [5, 5.41) is 32.8. The molecule has 1 fully saturated rings. The minimum absolute atomic E-state index is 0.0330. The third-order valence-electron chi connectivity index (χ3n) is 9.19. The Labute approximate surface area is 291 Å². The van der Waals surface area contributed by atoms with Crippen molar-refractivity contribution in [1.82, 2.24) is 41.6 Å². The van der Waals surface area contributed by atoms with E-state index in [1.165, 1.54) is 6.92 Å².